The molecule has 0 aliphatic heterocycles. The minimum Gasteiger partial charge on any atom is -0.490 e. The van der Waals surface area contributed by atoms with Gasteiger partial charge < -0.3 is 14.2 Å². The number of carbonyl (C=O) groups excluding carboxylic acids is 1. The summed E-state index contributed by atoms with van der Waals surface area (Å²) in [5, 5.41) is 0. The molecule has 0 radical (unpaired) electrons. The summed E-state index contributed by atoms with van der Waals surface area (Å²) in [6.45, 7) is 7.59. The lowest BCUT2D eigenvalue weighted by Gasteiger charge is -2.11. The number of ether oxygens (including phenoxy) is 3. The van der Waals surface area contributed by atoms with Gasteiger partial charge in [-0.15, -0.1) is 0 Å². The fourth-order valence-electron chi connectivity index (χ4n) is 1.48. The maximum absolute atomic E-state index is 11.7. The molecule has 0 aliphatic carbocycles. The van der Waals surface area contributed by atoms with Crippen molar-refractivity contribution in [1.82, 2.24) is 0 Å². The first-order valence-electron chi connectivity index (χ1n) is 6.17. The number of rotatable bonds is 7. The van der Waals surface area contributed by atoms with Gasteiger partial charge in [0.25, 0.3) is 0 Å². The Hall–Kier alpha value is -1.55. The van der Waals surface area contributed by atoms with Crippen LogP contribution in [0.4, 0.5) is 0 Å². The molecule has 4 heteroatoms. The zero-order valence-corrected chi connectivity index (χ0v) is 11.2. The van der Waals surface area contributed by atoms with E-state index in [-0.39, 0.29) is 5.97 Å². The zero-order chi connectivity index (χ0) is 13.4. The summed E-state index contributed by atoms with van der Waals surface area (Å²) in [5.74, 6) is 0.192. The van der Waals surface area contributed by atoms with Gasteiger partial charge in [0, 0.05) is 6.61 Å². The molecule has 0 fully saturated rings. The van der Waals surface area contributed by atoms with Crippen molar-refractivity contribution >= 4 is 5.97 Å². The molecule has 0 saturated heterocycles. The maximum Gasteiger partial charge on any atom is 0.341 e. The molecule has 0 atom stereocenters. The van der Waals surface area contributed by atoms with E-state index in [2.05, 4.69) is 0 Å². The Morgan fingerprint density at radius 3 is 2.61 bits per heavy atom. The van der Waals surface area contributed by atoms with Crippen LogP contribution in [-0.4, -0.2) is 32.4 Å². The quantitative estimate of drug-likeness (QED) is 0.552. The monoisotopic (exact) mass is 252 g/mol. The van der Waals surface area contributed by atoms with Crippen molar-refractivity contribution in [3.8, 4) is 5.75 Å². The first kappa shape index (κ1) is 14.5. The van der Waals surface area contributed by atoms with Crippen molar-refractivity contribution < 1.29 is 19.0 Å². The average molecular weight is 252 g/mol. The van der Waals surface area contributed by atoms with Gasteiger partial charge in [0.2, 0.25) is 0 Å². The summed E-state index contributed by atoms with van der Waals surface area (Å²) in [5.41, 5.74) is 1.49. The molecule has 0 unspecified atom stereocenters. The highest BCUT2D eigenvalue weighted by Gasteiger charge is 2.13. The molecule has 1 aromatic carbocycles. The van der Waals surface area contributed by atoms with Gasteiger partial charge in [-0.3, -0.25) is 0 Å². The maximum atomic E-state index is 11.7. The van der Waals surface area contributed by atoms with Crippen molar-refractivity contribution in [2.24, 2.45) is 0 Å². The van der Waals surface area contributed by atoms with Crippen LogP contribution in [0.15, 0.2) is 18.2 Å². The minimum atomic E-state index is -0.357. The summed E-state index contributed by atoms with van der Waals surface area (Å²) < 4.78 is 15.7. The van der Waals surface area contributed by atoms with Crippen LogP contribution in [0, 0.1) is 6.92 Å². The first-order valence-corrected chi connectivity index (χ1v) is 6.17. The molecule has 4 nitrogen and oxygen atoms in total. The third-order valence-corrected chi connectivity index (χ3v) is 2.32. The number of hydrogen-bond acceptors (Lipinski definition) is 4. The van der Waals surface area contributed by atoms with Crippen LogP contribution in [0.3, 0.4) is 0 Å². The molecule has 0 saturated carbocycles. The SMILES string of the molecule is CCOCCOc1cc(C)ccc1C(=O)OCC. The Morgan fingerprint density at radius 2 is 1.94 bits per heavy atom. The Balaban J connectivity index is 2.73. The van der Waals surface area contributed by atoms with Gasteiger partial charge in [-0.05, 0) is 38.5 Å². The molecule has 0 bridgehead atoms. The molecule has 0 heterocycles. The summed E-state index contributed by atoms with van der Waals surface area (Å²) in [6, 6.07) is 5.42. The topological polar surface area (TPSA) is 44.8 Å². The Bertz CT molecular complexity index is 387. The van der Waals surface area contributed by atoms with Gasteiger partial charge in [0.15, 0.2) is 0 Å². The van der Waals surface area contributed by atoms with Crippen LogP contribution < -0.4 is 4.74 Å². The van der Waals surface area contributed by atoms with Gasteiger partial charge in [-0.2, -0.15) is 0 Å². The second kappa shape index (κ2) is 7.71. The number of aryl methyl sites for hydroxylation is 1. The molecular weight excluding hydrogens is 232 g/mol. The van der Waals surface area contributed by atoms with Gasteiger partial charge in [-0.25, -0.2) is 4.79 Å². The molecular formula is C14H20O4. The number of benzene rings is 1. The molecule has 18 heavy (non-hydrogen) atoms. The van der Waals surface area contributed by atoms with Crippen LogP contribution in [-0.2, 0) is 9.47 Å². The van der Waals surface area contributed by atoms with E-state index in [1.165, 1.54) is 0 Å². The Morgan fingerprint density at radius 1 is 1.17 bits per heavy atom. The Labute approximate surface area is 108 Å². The van der Waals surface area contributed by atoms with Crippen molar-refractivity contribution in [3.05, 3.63) is 29.3 Å². The van der Waals surface area contributed by atoms with Gasteiger partial charge in [-0.1, -0.05) is 6.07 Å². The lowest BCUT2D eigenvalue weighted by Crippen LogP contribution is -2.11. The predicted molar refractivity (Wildman–Crippen MR) is 69.1 cm³/mol. The number of esters is 1. The van der Waals surface area contributed by atoms with E-state index >= 15 is 0 Å². The van der Waals surface area contributed by atoms with Crippen LogP contribution in [0.5, 0.6) is 5.75 Å². The Kier molecular flexibility index (Phi) is 6.22. The molecule has 0 amide bonds. The molecule has 0 N–H and O–H groups in total. The minimum absolute atomic E-state index is 0.352. The van der Waals surface area contributed by atoms with Crippen molar-refractivity contribution in [1.29, 1.82) is 0 Å². The average Bonchev–Trinajstić information content (AvgIpc) is 2.35. The van der Waals surface area contributed by atoms with Crippen LogP contribution in [0.2, 0.25) is 0 Å². The van der Waals surface area contributed by atoms with E-state index in [9.17, 15) is 4.79 Å². The number of carbonyl (C=O) groups is 1. The van der Waals surface area contributed by atoms with E-state index in [0.29, 0.717) is 37.7 Å². The zero-order valence-electron chi connectivity index (χ0n) is 11.2. The normalized spacial score (nSPS) is 10.2. The third-order valence-electron chi connectivity index (χ3n) is 2.32. The second-order valence-corrected chi connectivity index (χ2v) is 3.77. The van der Waals surface area contributed by atoms with Crippen molar-refractivity contribution in [3.63, 3.8) is 0 Å². The molecule has 100 valence electrons. The third kappa shape index (κ3) is 4.37. The summed E-state index contributed by atoms with van der Waals surface area (Å²) in [7, 11) is 0. The first-order chi connectivity index (χ1) is 8.69. The van der Waals surface area contributed by atoms with Crippen LogP contribution in [0.1, 0.15) is 29.8 Å². The van der Waals surface area contributed by atoms with E-state index in [1.807, 2.05) is 26.0 Å². The smallest absolute Gasteiger partial charge is 0.341 e. The predicted octanol–water partition coefficient (Wildman–Crippen LogP) is 2.59. The summed E-state index contributed by atoms with van der Waals surface area (Å²) in [4.78, 5) is 11.7. The van der Waals surface area contributed by atoms with Crippen LogP contribution in [0.25, 0.3) is 0 Å². The molecule has 0 aliphatic rings. The number of hydrogen-bond donors (Lipinski definition) is 0. The fraction of sp³-hybridized carbons (Fsp3) is 0.500. The second-order valence-electron chi connectivity index (χ2n) is 3.77. The van der Waals surface area contributed by atoms with Gasteiger partial charge in [0.05, 0.1) is 13.2 Å². The standard InChI is InChI=1S/C14H20O4/c1-4-16-8-9-18-13-10-11(3)6-7-12(13)14(15)17-5-2/h6-7,10H,4-5,8-9H2,1-3H3. The molecule has 1 aromatic rings. The molecule has 1 rings (SSSR count). The van der Waals surface area contributed by atoms with Gasteiger partial charge >= 0.3 is 5.97 Å². The molecule has 0 aromatic heterocycles. The summed E-state index contributed by atoms with van der Waals surface area (Å²) >= 11 is 0. The lowest BCUT2D eigenvalue weighted by molar-refractivity contribution is 0.0518. The highest BCUT2D eigenvalue weighted by Crippen LogP contribution is 2.21. The van der Waals surface area contributed by atoms with Gasteiger partial charge in [0.1, 0.15) is 17.9 Å². The van der Waals surface area contributed by atoms with E-state index in [4.69, 9.17) is 14.2 Å². The van der Waals surface area contributed by atoms with E-state index in [1.54, 1.807) is 13.0 Å². The molecule has 0 spiro atoms. The van der Waals surface area contributed by atoms with E-state index in [0.717, 1.165) is 5.56 Å². The highest BCUT2D eigenvalue weighted by atomic mass is 16.5. The fourth-order valence-corrected chi connectivity index (χ4v) is 1.48. The van der Waals surface area contributed by atoms with Crippen molar-refractivity contribution in [2.45, 2.75) is 20.8 Å². The lowest BCUT2D eigenvalue weighted by atomic mass is 10.1. The largest absolute Gasteiger partial charge is 0.490 e. The highest BCUT2D eigenvalue weighted by molar-refractivity contribution is 5.92. The van der Waals surface area contributed by atoms with Crippen LogP contribution >= 0.6 is 0 Å². The van der Waals surface area contributed by atoms with E-state index < -0.39 is 0 Å². The summed E-state index contributed by atoms with van der Waals surface area (Å²) in [6.07, 6.45) is 0. The van der Waals surface area contributed by atoms with Crippen molar-refractivity contribution in [2.75, 3.05) is 26.4 Å².